The Labute approximate surface area is 71.0 Å². The van der Waals surface area contributed by atoms with Gasteiger partial charge in [0.1, 0.15) is 0 Å². The van der Waals surface area contributed by atoms with Gasteiger partial charge in [0.15, 0.2) is 0 Å². The first-order valence-electron chi connectivity index (χ1n) is 4.48. The second-order valence-electron chi connectivity index (χ2n) is 3.35. The highest BCUT2D eigenvalue weighted by atomic mass is 15.1. The summed E-state index contributed by atoms with van der Waals surface area (Å²) < 4.78 is 0. The minimum atomic E-state index is 0.674. The second kappa shape index (κ2) is 5.56. The summed E-state index contributed by atoms with van der Waals surface area (Å²) in [7, 11) is 4.19. The quantitative estimate of drug-likeness (QED) is 0.646. The SMILES string of the molecule is CCN(C)C(C)[C@@H](C)CNC. The average molecular weight is 158 g/mol. The molecule has 1 N–H and O–H groups in total. The molecule has 2 nitrogen and oxygen atoms in total. The highest BCUT2D eigenvalue weighted by Gasteiger charge is 2.14. The summed E-state index contributed by atoms with van der Waals surface area (Å²) in [5, 5.41) is 3.20. The van der Waals surface area contributed by atoms with Crippen molar-refractivity contribution < 1.29 is 0 Å². The second-order valence-corrected chi connectivity index (χ2v) is 3.35. The van der Waals surface area contributed by atoms with Crippen LogP contribution in [0.1, 0.15) is 20.8 Å². The zero-order valence-corrected chi connectivity index (χ0v) is 8.52. The predicted molar refractivity (Wildman–Crippen MR) is 50.9 cm³/mol. The molecule has 0 aliphatic rings. The van der Waals surface area contributed by atoms with Gasteiger partial charge in [-0.2, -0.15) is 0 Å². The molecule has 0 rings (SSSR count). The van der Waals surface area contributed by atoms with Crippen molar-refractivity contribution in [3.8, 4) is 0 Å². The number of nitrogens with one attached hydrogen (secondary N) is 1. The van der Waals surface area contributed by atoms with Crippen molar-refractivity contribution in [3.05, 3.63) is 0 Å². The average Bonchev–Trinajstić information content (AvgIpc) is 2.02. The van der Waals surface area contributed by atoms with Crippen molar-refractivity contribution in [1.29, 1.82) is 0 Å². The van der Waals surface area contributed by atoms with Crippen LogP contribution in [0.5, 0.6) is 0 Å². The minimum Gasteiger partial charge on any atom is -0.319 e. The van der Waals surface area contributed by atoms with E-state index < -0.39 is 0 Å². The maximum Gasteiger partial charge on any atom is 0.0101 e. The highest BCUT2D eigenvalue weighted by Crippen LogP contribution is 2.06. The molecule has 0 bridgehead atoms. The van der Waals surface area contributed by atoms with Crippen molar-refractivity contribution in [2.75, 3.05) is 27.2 Å². The van der Waals surface area contributed by atoms with Crippen LogP contribution in [0.2, 0.25) is 0 Å². The summed E-state index contributed by atoms with van der Waals surface area (Å²) in [6.07, 6.45) is 0. The maximum absolute atomic E-state index is 3.20. The van der Waals surface area contributed by atoms with Crippen molar-refractivity contribution in [2.45, 2.75) is 26.8 Å². The van der Waals surface area contributed by atoms with E-state index in [0.717, 1.165) is 19.0 Å². The van der Waals surface area contributed by atoms with Gasteiger partial charge in [-0.05, 0) is 40.0 Å². The van der Waals surface area contributed by atoms with Crippen LogP contribution in [0.3, 0.4) is 0 Å². The summed E-state index contributed by atoms with van der Waals surface area (Å²) >= 11 is 0. The standard InChI is InChI=1S/C9H22N2/c1-6-11(5)9(3)8(2)7-10-4/h8-10H,6-7H2,1-5H3/t8-,9?/m0/s1. The molecule has 1 unspecified atom stereocenters. The summed E-state index contributed by atoms with van der Waals surface area (Å²) in [6.45, 7) is 9.00. The Hall–Kier alpha value is -0.0800. The van der Waals surface area contributed by atoms with Gasteiger partial charge in [-0.1, -0.05) is 13.8 Å². The molecule has 68 valence electrons. The van der Waals surface area contributed by atoms with E-state index in [1.165, 1.54) is 0 Å². The maximum atomic E-state index is 3.20. The summed E-state index contributed by atoms with van der Waals surface area (Å²) in [5.41, 5.74) is 0. The van der Waals surface area contributed by atoms with Crippen LogP contribution in [0.4, 0.5) is 0 Å². The molecule has 0 amide bonds. The van der Waals surface area contributed by atoms with Crippen molar-refractivity contribution in [3.63, 3.8) is 0 Å². The van der Waals surface area contributed by atoms with E-state index in [2.05, 4.69) is 38.0 Å². The van der Waals surface area contributed by atoms with Crippen LogP contribution in [-0.2, 0) is 0 Å². The molecule has 0 aromatic rings. The van der Waals surface area contributed by atoms with Crippen LogP contribution in [0, 0.1) is 5.92 Å². The third-order valence-corrected chi connectivity index (χ3v) is 2.54. The Bertz CT molecular complexity index is 93.6. The molecule has 0 spiro atoms. The molecule has 0 saturated carbocycles. The van der Waals surface area contributed by atoms with Gasteiger partial charge < -0.3 is 10.2 Å². The van der Waals surface area contributed by atoms with E-state index in [0.29, 0.717) is 6.04 Å². The Balaban J connectivity index is 3.70. The molecule has 0 radical (unpaired) electrons. The smallest absolute Gasteiger partial charge is 0.0101 e. The Morgan fingerprint density at radius 3 is 2.27 bits per heavy atom. The summed E-state index contributed by atoms with van der Waals surface area (Å²) in [6, 6.07) is 0.674. The predicted octanol–water partition coefficient (Wildman–Crippen LogP) is 1.18. The third-order valence-electron chi connectivity index (χ3n) is 2.54. The number of hydrogen-bond acceptors (Lipinski definition) is 2. The molecule has 0 aromatic heterocycles. The molecule has 2 heteroatoms. The molecular formula is C9H22N2. The molecule has 0 fully saturated rings. The van der Waals surface area contributed by atoms with Crippen molar-refractivity contribution in [2.24, 2.45) is 5.92 Å². The lowest BCUT2D eigenvalue weighted by Gasteiger charge is -2.28. The fourth-order valence-electron chi connectivity index (χ4n) is 1.21. The van der Waals surface area contributed by atoms with Crippen molar-refractivity contribution in [1.82, 2.24) is 10.2 Å². The largest absolute Gasteiger partial charge is 0.319 e. The molecule has 0 heterocycles. The molecule has 2 atom stereocenters. The molecule has 0 aromatic carbocycles. The number of rotatable bonds is 5. The van der Waals surface area contributed by atoms with Gasteiger partial charge in [0.2, 0.25) is 0 Å². The van der Waals surface area contributed by atoms with Crippen LogP contribution < -0.4 is 5.32 Å². The molecule has 11 heavy (non-hydrogen) atoms. The van der Waals surface area contributed by atoms with Gasteiger partial charge in [-0.3, -0.25) is 0 Å². The van der Waals surface area contributed by atoms with Gasteiger partial charge in [-0.25, -0.2) is 0 Å². The van der Waals surface area contributed by atoms with Crippen LogP contribution in [0.15, 0.2) is 0 Å². The van der Waals surface area contributed by atoms with Crippen molar-refractivity contribution >= 4 is 0 Å². The Kier molecular flexibility index (Phi) is 5.51. The summed E-state index contributed by atoms with van der Waals surface area (Å²) in [5.74, 6) is 0.727. The third kappa shape index (κ3) is 3.73. The van der Waals surface area contributed by atoms with Crippen LogP contribution >= 0.6 is 0 Å². The Morgan fingerprint density at radius 1 is 1.36 bits per heavy atom. The van der Waals surface area contributed by atoms with Crippen LogP contribution in [0.25, 0.3) is 0 Å². The van der Waals surface area contributed by atoms with Gasteiger partial charge >= 0.3 is 0 Å². The topological polar surface area (TPSA) is 15.3 Å². The van der Waals surface area contributed by atoms with Gasteiger partial charge in [-0.15, -0.1) is 0 Å². The van der Waals surface area contributed by atoms with E-state index in [-0.39, 0.29) is 0 Å². The zero-order valence-electron chi connectivity index (χ0n) is 8.52. The molecular weight excluding hydrogens is 136 g/mol. The van der Waals surface area contributed by atoms with E-state index >= 15 is 0 Å². The minimum absolute atomic E-state index is 0.674. The lowest BCUT2D eigenvalue weighted by molar-refractivity contribution is 0.207. The van der Waals surface area contributed by atoms with E-state index in [1.807, 2.05) is 7.05 Å². The number of nitrogens with zero attached hydrogens (tertiary/aromatic N) is 1. The Morgan fingerprint density at radius 2 is 1.91 bits per heavy atom. The van der Waals surface area contributed by atoms with E-state index in [4.69, 9.17) is 0 Å². The van der Waals surface area contributed by atoms with Crippen LogP contribution in [-0.4, -0.2) is 38.1 Å². The lowest BCUT2D eigenvalue weighted by Crippen LogP contribution is -2.38. The zero-order chi connectivity index (χ0) is 8.85. The fraction of sp³-hybridized carbons (Fsp3) is 1.00. The molecule has 0 aliphatic carbocycles. The van der Waals surface area contributed by atoms with E-state index in [1.54, 1.807) is 0 Å². The molecule has 0 saturated heterocycles. The summed E-state index contributed by atoms with van der Waals surface area (Å²) in [4.78, 5) is 2.38. The number of hydrogen-bond donors (Lipinski definition) is 1. The van der Waals surface area contributed by atoms with Gasteiger partial charge in [0, 0.05) is 6.04 Å². The monoisotopic (exact) mass is 158 g/mol. The first kappa shape index (κ1) is 10.9. The van der Waals surface area contributed by atoms with E-state index in [9.17, 15) is 0 Å². The first-order chi connectivity index (χ1) is 5.13. The molecule has 0 aliphatic heterocycles. The van der Waals surface area contributed by atoms with Gasteiger partial charge in [0.05, 0.1) is 0 Å². The fourth-order valence-corrected chi connectivity index (χ4v) is 1.21. The first-order valence-corrected chi connectivity index (χ1v) is 4.48. The lowest BCUT2D eigenvalue weighted by atomic mass is 10.0. The van der Waals surface area contributed by atoms with Gasteiger partial charge in [0.25, 0.3) is 0 Å². The highest BCUT2D eigenvalue weighted by molar-refractivity contribution is 4.70. The normalized spacial score (nSPS) is 16.9.